The predicted octanol–water partition coefficient (Wildman–Crippen LogP) is 0.243. The number of nitrogens with zero attached hydrogens (tertiary/aromatic N) is 3. The van der Waals surface area contributed by atoms with Crippen LogP contribution in [0.5, 0.6) is 0 Å². The van der Waals surface area contributed by atoms with E-state index in [1.165, 1.54) is 0 Å². The fourth-order valence-corrected chi connectivity index (χ4v) is 3.30. The summed E-state index contributed by atoms with van der Waals surface area (Å²) in [5.74, 6) is 0.321. The van der Waals surface area contributed by atoms with E-state index in [1.807, 2.05) is 4.90 Å². The first kappa shape index (κ1) is 15.7. The molecule has 2 aliphatic heterocycles. The summed E-state index contributed by atoms with van der Waals surface area (Å²) in [6.45, 7) is 6.84. The minimum Gasteiger partial charge on any atom is -0.396 e. The fourth-order valence-electron chi connectivity index (χ4n) is 3.30. The monoisotopic (exact) mass is 283 g/mol. The van der Waals surface area contributed by atoms with Crippen LogP contribution >= 0.6 is 0 Å². The van der Waals surface area contributed by atoms with Gasteiger partial charge in [0, 0.05) is 37.7 Å². The molecule has 0 radical (unpaired) electrons. The van der Waals surface area contributed by atoms with Crippen molar-refractivity contribution in [3.05, 3.63) is 0 Å². The van der Waals surface area contributed by atoms with Gasteiger partial charge < -0.3 is 14.9 Å². The molecule has 5 heteroatoms. The molecule has 0 aromatic carbocycles. The van der Waals surface area contributed by atoms with Gasteiger partial charge in [-0.25, -0.2) is 0 Å². The molecule has 2 saturated heterocycles. The summed E-state index contributed by atoms with van der Waals surface area (Å²) >= 11 is 0. The van der Waals surface area contributed by atoms with E-state index in [1.54, 1.807) is 0 Å². The number of piperazine rings is 1. The topological polar surface area (TPSA) is 47.0 Å². The van der Waals surface area contributed by atoms with Crippen LogP contribution in [0.4, 0.5) is 0 Å². The van der Waals surface area contributed by atoms with E-state index in [9.17, 15) is 4.79 Å². The third-order valence-electron chi connectivity index (χ3n) is 5.13. The van der Waals surface area contributed by atoms with Crippen LogP contribution in [0.2, 0.25) is 0 Å². The quantitative estimate of drug-likeness (QED) is 0.806. The molecule has 0 aromatic rings. The summed E-state index contributed by atoms with van der Waals surface area (Å²) in [6, 6.07) is 0.299. The molecule has 5 nitrogen and oxygen atoms in total. The van der Waals surface area contributed by atoms with Crippen molar-refractivity contribution >= 4 is 5.91 Å². The number of likely N-dealkylation sites (tertiary alicyclic amines) is 1. The van der Waals surface area contributed by atoms with Crippen LogP contribution in [0.15, 0.2) is 0 Å². The van der Waals surface area contributed by atoms with E-state index in [-0.39, 0.29) is 12.0 Å². The van der Waals surface area contributed by atoms with Crippen LogP contribution in [0.3, 0.4) is 0 Å². The summed E-state index contributed by atoms with van der Waals surface area (Å²) in [5, 5.41) is 9.15. The lowest BCUT2D eigenvalue weighted by molar-refractivity contribution is -0.146. The molecule has 116 valence electrons. The maximum absolute atomic E-state index is 12.9. The van der Waals surface area contributed by atoms with Crippen LogP contribution in [0.1, 0.15) is 26.2 Å². The molecule has 1 amide bonds. The number of piperidine rings is 1. The first-order chi connectivity index (χ1) is 9.46. The Morgan fingerprint density at radius 3 is 2.45 bits per heavy atom. The van der Waals surface area contributed by atoms with Crippen molar-refractivity contribution in [1.29, 1.82) is 0 Å². The second-order valence-corrected chi connectivity index (χ2v) is 6.76. The van der Waals surface area contributed by atoms with Crippen molar-refractivity contribution in [1.82, 2.24) is 14.7 Å². The zero-order valence-corrected chi connectivity index (χ0v) is 13.1. The number of hydrogen-bond donors (Lipinski definition) is 1. The molecule has 1 N–H and O–H groups in total. The maximum Gasteiger partial charge on any atom is 0.228 e. The molecule has 2 aliphatic rings. The van der Waals surface area contributed by atoms with Crippen LogP contribution < -0.4 is 0 Å². The number of hydrogen-bond acceptors (Lipinski definition) is 4. The molecule has 0 bridgehead atoms. The Bertz CT molecular complexity index is 340. The maximum atomic E-state index is 12.9. The molecular weight excluding hydrogens is 254 g/mol. The molecule has 0 aromatic heterocycles. The molecular formula is C15H29N3O2. The Morgan fingerprint density at radius 2 is 1.85 bits per heavy atom. The number of carbonyl (C=O) groups is 1. The Hall–Kier alpha value is -0.650. The van der Waals surface area contributed by atoms with Gasteiger partial charge >= 0.3 is 0 Å². The number of likely N-dealkylation sites (N-methyl/N-ethyl adjacent to an activating group) is 1. The highest BCUT2D eigenvalue weighted by molar-refractivity contribution is 5.82. The van der Waals surface area contributed by atoms with E-state index in [0.29, 0.717) is 11.9 Å². The van der Waals surface area contributed by atoms with E-state index in [4.69, 9.17) is 5.11 Å². The Balaban J connectivity index is 1.98. The predicted molar refractivity (Wildman–Crippen MR) is 79.5 cm³/mol. The van der Waals surface area contributed by atoms with Crippen molar-refractivity contribution in [3.8, 4) is 0 Å². The third-order valence-corrected chi connectivity index (χ3v) is 5.13. The first-order valence-corrected chi connectivity index (χ1v) is 7.75. The zero-order valence-electron chi connectivity index (χ0n) is 13.1. The molecule has 1 atom stereocenters. The van der Waals surface area contributed by atoms with Gasteiger partial charge in [-0.2, -0.15) is 0 Å². The lowest BCUT2D eigenvalue weighted by atomic mass is 9.79. The average Bonchev–Trinajstić information content (AvgIpc) is 2.44. The summed E-state index contributed by atoms with van der Waals surface area (Å²) in [5.41, 5.74) is -0.188. The average molecular weight is 283 g/mol. The number of aliphatic hydroxyl groups is 1. The van der Waals surface area contributed by atoms with Gasteiger partial charge in [0.1, 0.15) is 0 Å². The number of rotatable bonds is 3. The van der Waals surface area contributed by atoms with Gasteiger partial charge in [-0.15, -0.1) is 0 Å². The lowest BCUT2D eigenvalue weighted by Gasteiger charge is -2.45. The fraction of sp³-hybridized carbons (Fsp3) is 0.933. The normalized spacial score (nSPS) is 28.6. The minimum absolute atomic E-state index is 0.188. The van der Waals surface area contributed by atoms with Gasteiger partial charge in [-0.3, -0.25) is 9.69 Å². The van der Waals surface area contributed by atoms with Gasteiger partial charge in [0.25, 0.3) is 0 Å². The highest BCUT2D eigenvalue weighted by Crippen LogP contribution is 2.33. The molecule has 2 rings (SSSR count). The molecule has 0 saturated carbocycles. The van der Waals surface area contributed by atoms with Crippen molar-refractivity contribution in [2.75, 3.05) is 53.4 Å². The highest BCUT2D eigenvalue weighted by Gasteiger charge is 2.40. The molecule has 20 heavy (non-hydrogen) atoms. The van der Waals surface area contributed by atoms with E-state index >= 15 is 0 Å². The van der Waals surface area contributed by atoms with Gasteiger partial charge in [-0.05, 0) is 46.4 Å². The molecule has 0 aliphatic carbocycles. The summed E-state index contributed by atoms with van der Waals surface area (Å²) in [4.78, 5) is 19.5. The summed E-state index contributed by atoms with van der Waals surface area (Å²) in [7, 11) is 4.20. The third kappa shape index (κ3) is 3.32. The number of aliphatic hydroxyl groups excluding tert-OH is 1. The second kappa shape index (κ2) is 6.41. The van der Waals surface area contributed by atoms with E-state index in [0.717, 1.165) is 52.0 Å². The van der Waals surface area contributed by atoms with Gasteiger partial charge in [0.05, 0.1) is 0 Å². The highest BCUT2D eigenvalue weighted by atomic mass is 16.3. The Labute approximate surface area is 122 Å². The van der Waals surface area contributed by atoms with Gasteiger partial charge in [0.2, 0.25) is 5.91 Å². The molecule has 2 fully saturated rings. The summed E-state index contributed by atoms with van der Waals surface area (Å²) < 4.78 is 0. The molecule has 0 spiro atoms. The van der Waals surface area contributed by atoms with E-state index in [2.05, 4.69) is 30.8 Å². The molecule has 0 unspecified atom stereocenters. The number of carbonyl (C=O) groups excluding carboxylic acids is 1. The lowest BCUT2D eigenvalue weighted by Crippen LogP contribution is -2.57. The van der Waals surface area contributed by atoms with Crippen LogP contribution in [-0.2, 0) is 4.79 Å². The minimum atomic E-state index is -0.188. The van der Waals surface area contributed by atoms with Crippen molar-refractivity contribution in [2.45, 2.75) is 32.2 Å². The van der Waals surface area contributed by atoms with Crippen LogP contribution in [0.25, 0.3) is 0 Å². The summed E-state index contributed by atoms with van der Waals surface area (Å²) in [6.07, 6.45) is 2.67. The largest absolute Gasteiger partial charge is 0.396 e. The van der Waals surface area contributed by atoms with Crippen molar-refractivity contribution in [3.63, 3.8) is 0 Å². The van der Waals surface area contributed by atoms with Crippen LogP contribution in [0, 0.1) is 5.41 Å². The zero-order chi connectivity index (χ0) is 14.8. The number of amides is 1. The van der Waals surface area contributed by atoms with Crippen molar-refractivity contribution < 1.29 is 9.90 Å². The molecule has 2 heterocycles. The van der Waals surface area contributed by atoms with Gasteiger partial charge in [0.15, 0.2) is 0 Å². The second-order valence-electron chi connectivity index (χ2n) is 6.76. The van der Waals surface area contributed by atoms with Crippen LogP contribution in [-0.4, -0.2) is 85.2 Å². The van der Waals surface area contributed by atoms with Crippen molar-refractivity contribution in [2.24, 2.45) is 5.41 Å². The standard InChI is InChI=1S/C15H29N3O2/c1-15(5-7-16(2)8-6-15)14(20)18-10-9-17(3)13(12-18)4-11-19/h13,19H,4-12H2,1-3H3/t13-/m0/s1. The van der Waals surface area contributed by atoms with E-state index < -0.39 is 0 Å². The SMILES string of the molecule is CN1CCC(C)(C(=O)N2CCN(C)[C@@H](CCO)C2)CC1. The Morgan fingerprint density at radius 1 is 1.20 bits per heavy atom. The first-order valence-electron chi connectivity index (χ1n) is 7.75. The Kier molecular flexibility index (Phi) is 5.04. The smallest absolute Gasteiger partial charge is 0.228 e. The van der Waals surface area contributed by atoms with Gasteiger partial charge in [-0.1, -0.05) is 6.92 Å².